The van der Waals surface area contributed by atoms with Crippen LogP contribution in [0.25, 0.3) is 0 Å². The highest BCUT2D eigenvalue weighted by molar-refractivity contribution is 5.11. The van der Waals surface area contributed by atoms with Gasteiger partial charge in [-0.15, -0.1) is 0 Å². The molecule has 0 aromatic rings. The molecule has 1 heterocycles. The van der Waals surface area contributed by atoms with E-state index < -0.39 is 0 Å². The number of hydrogen-bond acceptors (Lipinski definition) is 2. The van der Waals surface area contributed by atoms with Gasteiger partial charge in [0.15, 0.2) is 0 Å². The van der Waals surface area contributed by atoms with E-state index in [-0.39, 0.29) is 6.10 Å². The Kier molecular flexibility index (Phi) is 3.24. The van der Waals surface area contributed by atoms with Crippen molar-refractivity contribution in [1.82, 2.24) is 0 Å². The second-order valence-electron chi connectivity index (χ2n) is 4.78. The molecule has 2 heteroatoms. The van der Waals surface area contributed by atoms with Crippen molar-refractivity contribution in [2.45, 2.75) is 51.2 Å². The van der Waals surface area contributed by atoms with Crippen LogP contribution < -0.4 is 0 Å². The van der Waals surface area contributed by atoms with Crippen LogP contribution in [0.4, 0.5) is 0 Å². The Morgan fingerprint density at radius 1 is 1.57 bits per heavy atom. The Hall–Kier alpha value is -0.340. The van der Waals surface area contributed by atoms with Crippen molar-refractivity contribution in [2.24, 2.45) is 5.92 Å². The van der Waals surface area contributed by atoms with Gasteiger partial charge in [-0.1, -0.05) is 18.6 Å². The summed E-state index contributed by atoms with van der Waals surface area (Å²) in [5, 5.41) is 9.61. The monoisotopic (exact) mass is 196 g/mol. The Morgan fingerprint density at radius 2 is 2.43 bits per heavy atom. The molecule has 0 aromatic heterocycles. The fraction of sp³-hybridized carbons (Fsp3) is 0.833. The maximum atomic E-state index is 9.61. The third-order valence-electron chi connectivity index (χ3n) is 3.20. The van der Waals surface area contributed by atoms with Crippen LogP contribution in [0.5, 0.6) is 0 Å². The quantitative estimate of drug-likeness (QED) is 0.686. The molecule has 0 aromatic carbocycles. The minimum atomic E-state index is -0.213. The predicted molar refractivity (Wildman–Crippen MR) is 56.1 cm³/mol. The first-order valence-electron chi connectivity index (χ1n) is 5.73. The Balaban J connectivity index is 1.89. The van der Waals surface area contributed by atoms with Gasteiger partial charge in [-0.05, 0) is 38.0 Å². The molecule has 1 fully saturated rings. The molecule has 0 spiro atoms. The smallest absolute Gasteiger partial charge is 0.0726 e. The van der Waals surface area contributed by atoms with E-state index in [9.17, 15) is 5.11 Å². The van der Waals surface area contributed by atoms with Crippen molar-refractivity contribution in [3.05, 3.63) is 11.6 Å². The van der Waals surface area contributed by atoms with Crippen LogP contribution in [0.2, 0.25) is 0 Å². The first-order chi connectivity index (χ1) is 6.74. The van der Waals surface area contributed by atoms with E-state index in [0.29, 0.717) is 12.0 Å². The lowest BCUT2D eigenvalue weighted by Gasteiger charge is -2.24. The first-order valence-corrected chi connectivity index (χ1v) is 5.73. The van der Waals surface area contributed by atoms with Crippen LogP contribution in [0.1, 0.15) is 39.0 Å². The van der Waals surface area contributed by atoms with Crippen LogP contribution in [0.3, 0.4) is 0 Å². The van der Waals surface area contributed by atoms with Crippen molar-refractivity contribution in [3.8, 4) is 0 Å². The molecule has 0 radical (unpaired) electrons. The molecule has 3 atom stereocenters. The van der Waals surface area contributed by atoms with E-state index in [1.54, 1.807) is 0 Å². The summed E-state index contributed by atoms with van der Waals surface area (Å²) >= 11 is 0. The lowest BCUT2D eigenvalue weighted by molar-refractivity contribution is 0.107. The Labute approximate surface area is 86.0 Å². The van der Waals surface area contributed by atoms with Crippen LogP contribution >= 0.6 is 0 Å². The molecule has 0 amide bonds. The SMILES string of the molecule is CC1CC(CC2CCCO2)=CC(O)C1. The summed E-state index contributed by atoms with van der Waals surface area (Å²) in [6.45, 7) is 3.14. The van der Waals surface area contributed by atoms with Gasteiger partial charge >= 0.3 is 0 Å². The zero-order chi connectivity index (χ0) is 9.97. The van der Waals surface area contributed by atoms with E-state index in [0.717, 1.165) is 25.9 Å². The molecule has 1 aliphatic heterocycles. The zero-order valence-electron chi connectivity index (χ0n) is 8.91. The van der Waals surface area contributed by atoms with Crippen LogP contribution in [-0.4, -0.2) is 23.9 Å². The highest BCUT2D eigenvalue weighted by Gasteiger charge is 2.22. The van der Waals surface area contributed by atoms with Gasteiger partial charge < -0.3 is 9.84 Å². The van der Waals surface area contributed by atoms with E-state index in [4.69, 9.17) is 4.74 Å². The highest BCUT2D eigenvalue weighted by atomic mass is 16.5. The van der Waals surface area contributed by atoms with Gasteiger partial charge in [-0.2, -0.15) is 0 Å². The number of rotatable bonds is 2. The minimum absolute atomic E-state index is 0.213. The van der Waals surface area contributed by atoms with E-state index in [2.05, 4.69) is 6.92 Å². The normalized spacial score (nSPS) is 38.4. The molecule has 2 aliphatic rings. The Bertz CT molecular complexity index is 216. The molecule has 1 aliphatic carbocycles. The van der Waals surface area contributed by atoms with Gasteiger partial charge in [-0.3, -0.25) is 0 Å². The van der Waals surface area contributed by atoms with Gasteiger partial charge in [0.25, 0.3) is 0 Å². The number of hydrogen-bond donors (Lipinski definition) is 1. The van der Waals surface area contributed by atoms with Crippen LogP contribution in [0, 0.1) is 5.92 Å². The van der Waals surface area contributed by atoms with Crippen LogP contribution in [-0.2, 0) is 4.74 Å². The van der Waals surface area contributed by atoms with Gasteiger partial charge in [0.2, 0.25) is 0 Å². The summed E-state index contributed by atoms with van der Waals surface area (Å²) in [7, 11) is 0. The van der Waals surface area contributed by atoms with Gasteiger partial charge in [0.05, 0.1) is 12.2 Å². The molecule has 3 unspecified atom stereocenters. The minimum Gasteiger partial charge on any atom is -0.389 e. The second kappa shape index (κ2) is 4.45. The first kappa shape index (κ1) is 10.2. The molecular weight excluding hydrogens is 176 g/mol. The van der Waals surface area contributed by atoms with Gasteiger partial charge in [-0.25, -0.2) is 0 Å². The predicted octanol–water partition coefficient (Wildman–Crippen LogP) is 2.27. The van der Waals surface area contributed by atoms with E-state index in [1.807, 2.05) is 6.08 Å². The van der Waals surface area contributed by atoms with Crippen molar-refractivity contribution < 1.29 is 9.84 Å². The highest BCUT2D eigenvalue weighted by Crippen LogP contribution is 2.29. The molecule has 2 rings (SSSR count). The summed E-state index contributed by atoms with van der Waals surface area (Å²) in [4.78, 5) is 0. The number of aliphatic hydroxyl groups excluding tert-OH is 1. The fourth-order valence-corrected chi connectivity index (χ4v) is 2.60. The molecule has 0 saturated carbocycles. The average Bonchev–Trinajstić information content (AvgIpc) is 2.54. The maximum absolute atomic E-state index is 9.61. The Morgan fingerprint density at radius 3 is 3.07 bits per heavy atom. The van der Waals surface area contributed by atoms with Crippen molar-refractivity contribution in [3.63, 3.8) is 0 Å². The van der Waals surface area contributed by atoms with E-state index in [1.165, 1.54) is 18.4 Å². The molecular formula is C12H20O2. The van der Waals surface area contributed by atoms with Crippen molar-refractivity contribution in [1.29, 1.82) is 0 Å². The lowest BCUT2D eigenvalue weighted by atomic mass is 9.86. The van der Waals surface area contributed by atoms with Crippen LogP contribution in [0.15, 0.2) is 11.6 Å². The third kappa shape index (κ3) is 2.58. The topological polar surface area (TPSA) is 29.5 Å². The number of ether oxygens (including phenoxy) is 1. The zero-order valence-corrected chi connectivity index (χ0v) is 8.91. The molecule has 80 valence electrons. The summed E-state index contributed by atoms with van der Waals surface area (Å²) < 4.78 is 5.60. The summed E-state index contributed by atoms with van der Waals surface area (Å²) in [5.41, 5.74) is 1.41. The standard InChI is InChI=1S/C12H20O2/c1-9-5-10(7-11(13)6-9)8-12-3-2-4-14-12/h7,9,11-13H,2-6,8H2,1H3. The summed E-state index contributed by atoms with van der Waals surface area (Å²) in [6, 6.07) is 0. The largest absolute Gasteiger partial charge is 0.389 e. The van der Waals surface area contributed by atoms with Crippen molar-refractivity contribution in [2.75, 3.05) is 6.61 Å². The molecule has 14 heavy (non-hydrogen) atoms. The molecule has 1 N–H and O–H groups in total. The molecule has 0 bridgehead atoms. The van der Waals surface area contributed by atoms with E-state index >= 15 is 0 Å². The molecule has 1 saturated heterocycles. The lowest BCUT2D eigenvalue weighted by Crippen LogP contribution is -2.18. The summed E-state index contributed by atoms with van der Waals surface area (Å²) in [5.74, 6) is 0.631. The third-order valence-corrected chi connectivity index (χ3v) is 3.20. The summed E-state index contributed by atoms with van der Waals surface area (Å²) in [6.07, 6.45) is 7.78. The van der Waals surface area contributed by atoms with Crippen molar-refractivity contribution >= 4 is 0 Å². The maximum Gasteiger partial charge on any atom is 0.0726 e. The van der Waals surface area contributed by atoms with Gasteiger partial charge in [0.1, 0.15) is 0 Å². The fourth-order valence-electron chi connectivity index (χ4n) is 2.60. The second-order valence-corrected chi connectivity index (χ2v) is 4.78. The molecule has 2 nitrogen and oxygen atoms in total. The van der Waals surface area contributed by atoms with Gasteiger partial charge in [0, 0.05) is 6.61 Å². The average molecular weight is 196 g/mol. The number of aliphatic hydroxyl groups is 1.